The van der Waals surface area contributed by atoms with Crippen LogP contribution in [0.5, 0.6) is 5.75 Å². The zero-order chi connectivity index (χ0) is 19.4. The number of benzene rings is 1. The normalized spacial score (nSPS) is 15.8. The van der Waals surface area contributed by atoms with Crippen LogP contribution in [0, 0.1) is 0 Å². The smallest absolute Gasteiger partial charge is 0.416 e. The third kappa shape index (κ3) is 4.40. The van der Waals surface area contributed by atoms with Gasteiger partial charge < -0.3 is 14.9 Å². The van der Waals surface area contributed by atoms with Crippen LogP contribution in [0.3, 0.4) is 0 Å². The molecule has 10 heteroatoms. The molecule has 0 unspecified atom stereocenters. The molecule has 144 valence electrons. The summed E-state index contributed by atoms with van der Waals surface area (Å²) in [7, 11) is 0. The first-order valence-electron chi connectivity index (χ1n) is 8.18. The second-order valence-corrected chi connectivity index (χ2v) is 5.91. The summed E-state index contributed by atoms with van der Waals surface area (Å²) < 4.78 is 37.9. The Balaban J connectivity index is 1.68. The molecule has 27 heavy (non-hydrogen) atoms. The minimum Gasteiger partial charge on any atom is -0.504 e. The van der Waals surface area contributed by atoms with E-state index in [2.05, 4.69) is 9.98 Å². The maximum absolute atomic E-state index is 12.6. The number of pyridine rings is 1. The van der Waals surface area contributed by atoms with Gasteiger partial charge in [0.1, 0.15) is 0 Å². The number of halogens is 3. The third-order valence-electron chi connectivity index (χ3n) is 4.17. The van der Waals surface area contributed by atoms with Gasteiger partial charge in [-0.25, -0.2) is 15.5 Å². The molecule has 0 amide bonds. The first-order chi connectivity index (χ1) is 12.9. The van der Waals surface area contributed by atoms with Crippen molar-refractivity contribution in [1.29, 1.82) is 0 Å². The van der Waals surface area contributed by atoms with Crippen molar-refractivity contribution in [2.24, 2.45) is 4.99 Å². The van der Waals surface area contributed by atoms with Crippen LogP contribution < -0.4 is 10.4 Å². The SMILES string of the molecule is ONC(=Nc1ccc(C(F)(F)F)cc1)N1CCN(c2ncccc2O)CC1. The highest BCUT2D eigenvalue weighted by atomic mass is 19.4. The summed E-state index contributed by atoms with van der Waals surface area (Å²) in [5.41, 5.74) is 1.52. The predicted octanol–water partition coefficient (Wildman–Crippen LogP) is 2.59. The second-order valence-electron chi connectivity index (χ2n) is 5.91. The molecule has 3 rings (SSSR count). The number of nitrogens with one attached hydrogen (secondary N) is 1. The Kier molecular flexibility index (Phi) is 5.36. The Labute approximate surface area is 153 Å². The number of hydroxylamine groups is 1. The lowest BCUT2D eigenvalue weighted by Gasteiger charge is -2.36. The van der Waals surface area contributed by atoms with Crippen molar-refractivity contribution in [3.05, 3.63) is 48.2 Å². The van der Waals surface area contributed by atoms with Gasteiger partial charge in [-0.15, -0.1) is 0 Å². The van der Waals surface area contributed by atoms with Crippen molar-refractivity contribution in [2.45, 2.75) is 6.18 Å². The molecular formula is C17H18F3N5O2. The van der Waals surface area contributed by atoms with Crippen molar-refractivity contribution in [3.8, 4) is 5.75 Å². The average Bonchev–Trinajstić information content (AvgIpc) is 2.66. The van der Waals surface area contributed by atoms with Crippen LogP contribution in [-0.2, 0) is 6.18 Å². The number of aromatic nitrogens is 1. The summed E-state index contributed by atoms with van der Waals surface area (Å²) >= 11 is 0. The summed E-state index contributed by atoms with van der Waals surface area (Å²) in [5, 5.41) is 19.3. The summed E-state index contributed by atoms with van der Waals surface area (Å²) in [6.45, 7) is 2.00. The fourth-order valence-electron chi connectivity index (χ4n) is 2.78. The van der Waals surface area contributed by atoms with Crippen LogP contribution in [0.2, 0.25) is 0 Å². The Morgan fingerprint density at radius 2 is 1.74 bits per heavy atom. The van der Waals surface area contributed by atoms with Gasteiger partial charge >= 0.3 is 6.18 Å². The van der Waals surface area contributed by atoms with Crippen molar-refractivity contribution in [1.82, 2.24) is 15.4 Å². The fourth-order valence-corrected chi connectivity index (χ4v) is 2.78. The molecule has 0 bridgehead atoms. The average molecular weight is 381 g/mol. The molecule has 0 aliphatic carbocycles. The van der Waals surface area contributed by atoms with Crippen LogP contribution in [0.25, 0.3) is 0 Å². The summed E-state index contributed by atoms with van der Waals surface area (Å²) in [6.07, 6.45) is -2.82. The molecule has 1 aromatic heterocycles. The number of nitrogens with zero attached hydrogens (tertiary/aromatic N) is 4. The molecule has 1 fully saturated rings. The van der Waals surface area contributed by atoms with E-state index in [1.807, 2.05) is 10.4 Å². The molecule has 7 nitrogen and oxygen atoms in total. The molecule has 1 aliphatic rings. The van der Waals surface area contributed by atoms with Gasteiger partial charge in [-0.2, -0.15) is 13.2 Å². The van der Waals surface area contributed by atoms with Gasteiger partial charge in [0.15, 0.2) is 11.6 Å². The molecule has 0 spiro atoms. The molecular weight excluding hydrogens is 363 g/mol. The Hall–Kier alpha value is -3.01. The minimum atomic E-state index is -4.41. The quantitative estimate of drug-likeness (QED) is 0.421. The zero-order valence-electron chi connectivity index (χ0n) is 14.2. The van der Waals surface area contributed by atoms with E-state index >= 15 is 0 Å². The zero-order valence-corrected chi connectivity index (χ0v) is 14.2. The number of aromatic hydroxyl groups is 1. The predicted molar refractivity (Wildman–Crippen MR) is 93.1 cm³/mol. The standard InChI is InChI=1S/C17H18F3N5O2/c18-17(19,20)12-3-5-13(6-4-12)22-16(23-27)25-10-8-24(9-11-25)15-14(26)2-1-7-21-15/h1-7,26-27H,8-11H2,(H,22,23). The number of anilines is 1. The van der Waals surface area contributed by atoms with Crippen LogP contribution in [0.15, 0.2) is 47.6 Å². The minimum absolute atomic E-state index is 0.0879. The molecule has 2 aromatic rings. The number of alkyl halides is 3. The maximum Gasteiger partial charge on any atom is 0.416 e. The Bertz CT molecular complexity index is 803. The lowest BCUT2D eigenvalue weighted by molar-refractivity contribution is -0.137. The lowest BCUT2D eigenvalue weighted by atomic mass is 10.2. The summed E-state index contributed by atoms with van der Waals surface area (Å²) in [5.74, 6) is 0.708. The van der Waals surface area contributed by atoms with Gasteiger partial charge in [0.25, 0.3) is 0 Å². The monoisotopic (exact) mass is 381 g/mol. The van der Waals surface area contributed by atoms with Crippen LogP contribution in [0.1, 0.15) is 5.56 Å². The van der Waals surface area contributed by atoms with E-state index < -0.39 is 11.7 Å². The summed E-state index contributed by atoms with van der Waals surface area (Å²) in [4.78, 5) is 12.0. The maximum atomic E-state index is 12.6. The number of piperazine rings is 1. The van der Waals surface area contributed by atoms with Gasteiger partial charge in [0.05, 0.1) is 11.3 Å². The van der Waals surface area contributed by atoms with Crippen LogP contribution in [0.4, 0.5) is 24.7 Å². The molecule has 2 heterocycles. The van der Waals surface area contributed by atoms with Crippen molar-refractivity contribution < 1.29 is 23.5 Å². The lowest BCUT2D eigenvalue weighted by Crippen LogP contribution is -2.52. The number of guanidine groups is 1. The van der Waals surface area contributed by atoms with Crippen molar-refractivity contribution in [2.75, 3.05) is 31.1 Å². The van der Waals surface area contributed by atoms with Gasteiger partial charge in [0.2, 0.25) is 5.96 Å². The number of rotatable bonds is 2. The Morgan fingerprint density at radius 3 is 2.30 bits per heavy atom. The molecule has 0 atom stereocenters. The van der Waals surface area contributed by atoms with E-state index in [-0.39, 0.29) is 17.4 Å². The first-order valence-corrected chi connectivity index (χ1v) is 8.18. The van der Waals surface area contributed by atoms with E-state index in [0.29, 0.717) is 32.0 Å². The largest absolute Gasteiger partial charge is 0.504 e. The highest BCUT2D eigenvalue weighted by Gasteiger charge is 2.30. The van der Waals surface area contributed by atoms with Crippen molar-refractivity contribution >= 4 is 17.5 Å². The van der Waals surface area contributed by atoms with Gasteiger partial charge in [-0.3, -0.25) is 5.21 Å². The van der Waals surface area contributed by atoms with Crippen LogP contribution in [-0.4, -0.2) is 52.3 Å². The third-order valence-corrected chi connectivity index (χ3v) is 4.17. The van der Waals surface area contributed by atoms with Gasteiger partial charge in [0, 0.05) is 32.4 Å². The molecule has 0 saturated carbocycles. The van der Waals surface area contributed by atoms with E-state index in [4.69, 9.17) is 0 Å². The highest BCUT2D eigenvalue weighted by Crippen LogP contribution is 2.30. The van der Waals surface area contributed by atoms with Gasteiger partial charge in [-0.1, -0.05) is 0 Å². The molecule has 3 N–H and O–H groups in total. The fraction of sp³-hybridized carbons (Fsp3) is 0.294. The van der Waals surface area contributed by atoms with E-state index in [9.17, 15) is 23.5 Å². The van der Waals surface area contributed by atoms with E-state index in [1.54, 1.807) is 23.2 Å². The Morgan fingerprint density at radius 1 is 1.07 bits per heavy atom. The van der Waals surface area contributed by atoms with E-state index in [1.165, 1.54) is 12.1 Å². The van der Waals surface area contributed by atoms with Gasteiger partial charge in [-0.05, 0) is 36.4 Å². The van der Waals surface area contributed by atoms with Crippen molar-refractivity contribution in [3.63, 3.8) is 0 Å². The molecule has 1 aromatic carbocycles. The number of hydrogen-bond donors (Lipinski definition) is 3. The topological polar surface area (TPSA) is 84.2 Å². The molecule has 0 radical (unpaired) electrons. The molecule has 1 saturated heterocycles. The highest BCUT2D eigenvalue weighted by molar-refractivity contribution is 5.82. The second kappa shape index (κ2) is 7.70. The molecule has 1 aliphatic heterocycles. The first kappa shape index (κ1) is 18.8. The van der Waals surface area contributed by atoms with E-state index in [0.717, 1.165) is 12.1 Å². The van der Waals surface area contributed by atoms with Crippen LogP contribution >= 0.6 is 0 Å². The summed E-state index contributed by atoms with van der Waals surface area (Å²) in [6, 6.07) is 7.55. The number of aliphatic imine (C=N–C) groups is 1. The number of hydrogen-bond acceptors (Lipinski definition) is 5.